The molecule has 2 aromatic heterocycles. The first-order valence-electron chi connectivity index (χ1n) is 12.9. The maximum absolute atomic E-state index is 13.3. The summed E-state index contributed by atoms with van der Waals surface area (Å²) in [5, 5.41) is 31.6. The van der Waals surface area contributed by atoms with Crippen LogP contribution in [0.5, 0.6) is 0 Å². The van der Waals surface area contributed by atoms with Gasteiger partial charge in [0.25, 0.3) is 11.8 Å². The molecule has 40 heavy (non-hydrogen) atoms. The first-order chi connectivity index (χ1) is 18.9. The second kappa shape index (κ2) is 12.0. The van der Waals surface area contributed by atoms with E-state index in [1.807, 2.05) is 26.0 Å². The molecule has 2 amide bonds. The molecule has 1 fully saturated rings. The van der Waals surface area contributed by atoms with E-state index in [1.54, 1.807) is 42.2 Å². The van der Waals surface area contributed by atoms with E-state index in [4.69, 9.17) is 0 Å². The SMILES string of the molecule is CC(C)Nc1nc([C@H]2CCCN2C(=O)[C@H](O)[C@@H](O)C(=O)N[C@H](C)c2ccc(-n3cccn3)cc2)c(S(C)(=O)=O)s1. The van der Waals surface area contributed by atoms with Gasteiger partial charge in [0.1, 0.15) is 4.21 Å². The van der Waals surface area contributed by atoms with Gasteiger partial charge in [0.15, 0.2) is 27.2 Å². The van der Waals surface area contributed by atoms with Crippen molar-refractivity contribution in [3.05, 3.63) is 54.0 Å². The Hall–Kier alpha value is -3.33. The molecule has 0 bridgehead atoms. The Balaban J connectivity index is 1.45. The quantitative estimate of drug-likeness (QED) is 0.275. The Morgan fingerprint density at radius 3 is 2.42 bits per heavy atom. The molecule has 3 aromatic rings. The van der Waals surface area contributed by atoms with Crippen LogP contribution in [0.3, 0.4) is 0 Å². The van der Waals surface area contributed by atoms with E-state index in [2.05, 4.69) is 20.7 Å². The fourth-order valence-corrected chi connectivity index (χ4v) is 6.89. The Morgan fingerprint density at radius 1 is 1.12 bits per heavy atom. The molecule has 0 spiro atoms. The molecule has 3 heterocycles. The van der Waals surface area contributed by atoms with Gasteiger partial charge in [0.2, 0.25) is 0 Å². The summed E-state index contributed by atoms with van der Waals surface area (Å²) in [7, 11) is -3.64. The van der Waals surface area contributed by atoms with E-state index in [-0.39, 0.29) is 22.5 Å². The molecule has 1 aliphatic rings. The lowest BCUT2D eigenvalue weighted by Gasteiger charge is -2.28. The Bertz CT molecular complexity index is 1440. The summed E-state index contributed by atoms with van der Waals surface area (Å²) in [6.07, 6.45) is 1.46. The van der Waals surface area contributed by atoms with Crippen molar-refractivity contribution in [1.29, 1.82) is 0 Å². The summed E-state index contributed by atoms with van der Waals surface area (Å²) in [5.74, 6) is -1.78. The lowest BCUT2D eigenvalue weighted by Crippen LogP contribution is -2.51. The van der Waals surface area contributed by atoms with Gasteiger partial charge in [-0.1, -0.05) is 23.5 Å². The van der Waals surface area contributed by atoms with Gasteiger partial charge in [-0.05, 0) is 57.4 Å². The smallest absolute Gasteiger partial charge is 0.255 e. The summed E-state index contributed by atoms with van der Waals surface area (Å²) < 4.78 is 26.7. The number of carbonyl (C=O) groups excluding carboxylic acids is 2. The van der Waals surface area contributed by atoms with Crippen LogP contribution in [0.2, 0.25) is 0 Å². The van der Waals surface area contributed by atoms with Gasteiger partial charge in [0.05, 0.1) is 23.5 Å². The number of amides is 2. The summed E-state index contributed by atoms with van der Waals surface area (Å²) in [5.41, 5.74) is 1.80. The number of benzene rings is 1. The van der Waals surface area contributed by atoms with Crippen LogP contribution in [0.25, 0.3) is 5.69 Å². The number of likely N-dealkylation sites (tertiary alicyclic amines) is 1. The maximum atomic E-state index is 13.3. The third-order valence-electron chi connectivity index (χ3n) is 6.56. The molecule has 0 aliphatic carbocycles. The third kappa shape index (κ3) is 6.52. The number of hydrogen-bond acceptors (Lipinski definition) is 10. The number of aliphatic hydroxyl groups is 2. The van der Waals surface area contributed by atoms with Crippen LogP contribution in [0, 0.1) is 0 Å². The Morgan fingerprint density at radius 2 is 1.82 bits per heavy atom. The number of aromatic nitrogens is 3. The maximum Gasteiger partial charge on any atom is 0.255 e. The minimum absolute atomic E-state index is 0.0138. The highest BCUT2D eigenvalue weighted by atomic mass is 32.2. The van der Waals surface area contributed by atoms with Crippen molar-refractivity contribution in [1.82, 2.24) is 25.0 Å². The second-order valence-electron chi connectivity index (χ2n) is 10.1. The molecule has 4 atom stereocenters. The lowest BCUT2D eigenvalue weighted by molar-refractivity contribution is -0.154. The van der Waals surface area contributed by atoms with Crippen LogP contribution < -0.4 is 10.6 Å². The number of rotatable bonds is 10. The Kier molecular flexibility index (Phi) is 8.93. The van der Waals surface area contributed by atoms with Gasteiger partial charge in [0, 0.05) is 31.2 Å². The van der Waals surface area contributed by atoms with Crippen molar-refractivity contribution in [2.24, 2.45) is 0 Å². The van der Waals surface area contributed by atoms with Crippen molar-refractivity contribution in [2.75, 3.05) is 18.1 Å². The standard InChI is InChI=1S/C26H34N6O6S2/c1-15(2)28-26-30-20(25(39-26)40(4,37)38)19-7-5-13-31(19)24(36)22(34)21(33)23(35)29-16(3)17-8-10-18(11-9-17)32-14-6-12-27-32/h6,8-12,14-16,19,21-22,33-34H,5,7,13H2,1-4H3,(H,28,30)(H,29,35)/t16-,19-,21-,22-/m1/s1. The van der Waals surface area contributed by atoms with Crippen LogP contribution in [0.15, 0.2) is 46.9 Å². The topological polar surface area (TPSA) is 167 Å². The number of hydrogen-bond donors (Lipinski definition) is 4. The largest absolute Gasteiger partial charge is 0.380 e. The number of nitrogens with one attached hydrogen (secondary N) is 2. The predicted octanol–water partition coefficient (Wildman–Crippen LogP) is 1.82. The van der Waals surface area contributed by atoms with E-state index in [9.17, 15) is 28.2 Å². The highest BCUT2D eigenvalue weighted by molar-refractivity contribution is 7.92. The van der Waals surface area contributed by atoms with Gasteiger partial charge in [-0.15, -0.1) is 0 Å². The minimum atomic E-state index is -3.64. The zero-order valence-electron chi connectivity index (χ0n) is 22.7. The average molecular weight is 591 g/mol. The molecule has 1 aliphatic heterocycles. The number of nitrogens with zero attached hydrogens (tertiary/aromatic N) is 4. The number of carbonyl (C=O) groups is 2. The fraction of sp³-hybridized carbons (Fsp3) is 0.462. The van der Waals surface area contributed by atoms with Gasteiger partial charge in [-0.25, -0.2) is 18.1 Å². The van der Waals surface area contributed by atoms with Crippen LogP contribution in [0.4, 0.5) is 5.13 Å². The first-order valence-corrected chi connectivity index (χ1v) is 15.6. The molecular formula is C26H34N6O6S2. The van der Waals surface area contributed by atoms with Crippen LogP contribution in [-0.2, 0) is 19.4 Å². The summed E-state index contributed by atoms with van der Waals surface area (Å²) in [4.78, 5) is 31.8. The summed E-state index contributed by atoms with van der Waals surface area (Å²) >= 11 is 0.991. The van der Waals surface area contributed by atoms with Crippen LogP contribution in [0.1, 0.15) is 57.0 Å². The Labute approximate surface area is 237 Å². The molecule has 12 nitrogen and oxygen atoms in total. The van der Waals surface area contributed by atoms with Gasteiger partial charge < -0.3 is 25.7 Å². The molecular weight excluding hydrogens is 556 g/mol. The average Bonchev–Trinajstić information content (AvgIpc) is 3.67. The summed E-state index contributed by atoms with van der Waals surface area (Å²) in [6, 6.07) is 7.86. The molecule has 0 unspecified atom stereocenters. The molecule has 1 saturated heterocycles. The third-order valence-corrected chi connectivity index (χ3v) is 9.40. The van der Waals surface area contributed by atoms with Gasteiger partial charge in [-0.2, -0.15) is 5.10 Å². The molecule has 1 aromatic carbocycles. The van der Waals surface area contributed by atoms with Crippen molar-refractivity contribution in [2.45, 2.75) is 68.2 Å². The summed E-state index contributed by atoms with van der Waals surface area (Å²) in [6.45, 7) is 5.73. The van der Waals surface area contributed by atoms with Crippen LogP contribution in [-0.4, -0.2) is 81.2 Å². The molecule has 0 saturated carbocycles. The van der Waals surface area contributed by atoms with Crippen molar-refractivity contribution < 1.29 is 28.2 Å². The minimum Gasteiger partial charge on any atom is -0.380 e. The number of aliphatic hydroxyl groups excluding tert-OH is 2. The number of sulfone groups is 1. The number of anilines is 1. The highest BCUT2D eigenvalue weighted by Gasteiger charge is 2.41. The van der Waals surface area contributed by atoms with Crippen LogP contribution >= 0.6 is 11.3 Å². The van der Waals surface area contributed by atoms with Crippen molar-refractivity contribution in [3.8, 4) is 5.69 Å². The fourth-order valence-electron chi connectivity index (χ4n) is 4.59. The normalized spacial score (nSPS) is 18.0. The van der Waals surface area contributed by atoms with Crippen molar-refractivity contribution in [3.63, 3.8) is 0 Å². The molecule has 216 valence electrons. The second-order valence-corrected chi connectivity index (χ2v) is 13.3. The van der Waals surface area contributed by atoms with Gasteiger partial charge in [-0.3, -0.25) is 9.59 Å². The molecule has 14 heteroatoms. The highest BCUT2D eigenvalue weighted by Crippen LogP contribution is 2.39. The van der Waals surface area contributed by atoms with E-state index >= 15 is 0 Å². The van der Waals surface area contributed by atoms with E-state index in [0.717, 1.165) is 28.8 Å². The van der Waals surface area contributed by atoms with E-state index in [1.165, 1.54) is 4.90 Å². The van der Waals surface area contributed by atoms with Gasteiger partial charge >= 0.3 is 0 Å². The zero-order valence-corrected chi connectivity index (χ0v) is 24.3. The van der Waals surface area contributed by atoms with E-state index < -0.39 is 45.9 Å². The monoisotopic (exact) mass is 590 g/mol. The van der Waals surface area contributed by atoms with E-state index in [0.29, 0.717) is 18.0 Å². The molecule has 4 rings (SSSR count). The molecule has 0 radical (unpaired) electrons. The predicted molar refractivity (Wildman–Crippen MR) is 150 cm³/mol. The van der Waals surface area contributed by atoms with Crippen molar-refractivity contribution >= 4 is 38.1 Å². The molecule has 4 N–H and O–H groups in total. The zero-order chi connectivity index (χ0) is 29.2. The number of thiazole rings is 1. The first kappa shape index (κ1) is 29.6. The lowest BCUT2D eigenvalue weighted by atomic mass is 10.1.